The van der Waals surface area contributed by atoms with Gasteiger partial charge in [-0.15, -0.1) is 0 Å². The number of ether oxygens (including phenoxy) is 2. The molecule has 0 aliphatic carbocycles. The average molecular weight is 320 g/mol. The predicted molar refractivity (Wildman–Crippen MR) is 82.9 cm³/mol. The highest BCUT2D eigenvalue weighted by atomic mass is 19.2. The summed E-state index contributed by atoms with van der Waals surface area (Å²) < 4.78 is 37.9. The molecule has 5 heteroatoms. The largest absolute Gasteiger partial charge is 0.494 e. The van der Waals surface area contributed by atoms with Crippen molar-refractivity contribution >= 4 is 5.97 Å². The Kier molecular flexibility index (Phi) is 5.68. The smallest absolute Gasteiger partial charge is 0.343 e. The molecule has 0 fully saturated rings. The molecule has 3 nitrogen and oxygen atoms in total. The summed E-state index contributed by atoms with van der Waals surface area (Å²) in [5.74, 6) is -2.68. The van der Waals surface area contributed by atoms with Crippen LogP contribution in [0.15, 0.2) is 36.4 Å². The fourth-order valence-corrected chi connectivity index (χ4v) is 1.99. The van der Waals surface area contributed by atoms with Gasteiger partial charge in [-0.25, -0.2) is 9.18 Å². The average Bonchev–Trinajstić information content (AvgIpc) is 2.57. The van der Waals surface area contributed by atoms with Crippen LogP contribution in [0.5, 0.6) is 11.5 Å². The second-order valence-corrected chi connectivity index (χ2v) is 4.97. The van der Waals surface area contributed by atoms with Crippen LogP contribution < -0.4 is 9.47 Å². The van der Waals surface area contributed by atoms with Crippen molar-refractivity contribution in [3.63, 3.8) is 0 Å². The molecule has 0 aliphatic heterocycles. The molecule has 0 N–H and O–H groups in total. The summed E-state index contributed by atoms with van der Waals surface area (Å²) in [4.78, 5) is 12.0. The molecule has 0 saturated heterocycles. The van der Waals surface area contributed by atoms with Crippen LogP contribution in [0.1, 0.15) is 36.2 Å². The number of benzene rings is 2. The van der Waals surface area contributed by atoms with Crippen LogP contribution in [0.4, 0.5) is 8.78 Å². The zero-order chi connectivity index (χ0) is 16.8. The number of halogens is 2. The molecule has 23 heavy (non-hydrogen) atoms. The Morgan fingerprint density at radius 3 is 2.30 bits per heavy atom. The van der Waals surface area contributed by atoms with Gasteiger partial charge in [0.1, 0.15) is 5.75 Å². The molecular weight excluding hydrogens is 302 g/mol. The van der Waals surface area contributed by atoms with Crippen molar-refractivity contribution in [1.29, 1.82) is 0 Å². The Morgan fingerprint density at radius 1 is 1.00 bits per heavy atom. The van der Waals surface area contributed by atoms with Crippen LogP contribution in [0, 0.1) is 11.6 Å². The minimum Gasteiger partial charge on any atom is -0.494 e. The second-order valence-electron chi connectivity index (χ2n) is 4.97. The van der Waals surface area contributed by atoms with E-state index in [1.807, 2.05) is 6.92 Å². The summed E-state index contributed by atoms with van der Waals surface area (Å²) >= 11 is 0. The van der Waals surface area contributed by atoms with Gasteiger partial charge in [0, 0.05) is 0 Å². The number of aryl methyl sites for hydroxylation is 1. The van der Waals surface area contributed by atoms with Gasteiger partial charge in [0.15, 0.2) is 11.6 Å². The molecule has 122 valence electrons. The number of rotatable bonds is 6. The minimum absolute atomic E-state index is 0.230. The number of carbonyl (C=O) groups is 1. The monoisotopic (exact) mass is 320 g/mol. The lowest BCUT2D eigenvalue weighted by Gasteiger charge is -2.09. The van der Waals surface area contributed by atoms with Crippen molar-refractivity contribution in [2.24, 2.45) is 0 Å². The van der Waals surface area contributed by atoms with Crippen molar-refractivity contribution in [2.75, 3.05) is 6.61 Å². The fourth-order valence-electron chi connectivity index (χ4n) is 1.99. The minimum atomic E-state index is -1.15. The second kappa shape index (κ2) is 7.72. The first-order chi connectivity index (χ1) is 11.1. The van der Waals surface area contributed by atoms with Crippen molar-refractivity contribution in [3.05, 3.63) is 59.2 Å². The van der Waals surface area contributed by atoms with E-state index in [2.05, 4.69) is 0 Å². The van der Waals surface area contributed by atoms with Crippen molar-refractivity contribution in [2.45, 2.75) is 26.7 Å². The van der Waals surface area contributed by atoms with E-state index < -0.39 is 23.4 Å². The molecule has 0 amide bonds. The van der Waals surface area contributed by atoms with Gasteiger partial charge in [0.25, 0.3) is 0 Å². The van der Waals surface area contributed by atoms with E-state index >= 15 is 0 Å². The summed E-state index contributed by atoms with van der Waals surface area (Å²) in [5, 5.41) is 0. The first-order valence-electron chi connectivity index (χ1n) is 7.48. The summed E-state index contributed by atoms with van der Waals surface area (Å²) in [6, 6.07) is 8.95. The van der Waals surface area contributed by atoms with Crippen LogP contribution in [0.25, 0.3) is 0 Å². The number of carbonyl (C=O) groups excluding carboxylic acids is 1. The standard InChI is InChI=1S/C18H18F2O3/c1-3-11-22-14-8-5-13(6-9-14)18(21)23-15-10-7-12(4-2)16(19)17(15)20/h5-10H,3-4,11H2,1-2H3. The van der Waals surface area contributed by atoms with Crippen LogP contribution in [0.2, 0.25) is 0 Å². The normalized spacial score (nSPS) is 10.4. The Hall–Kier alpha value is -2.43. The van der Waals surface area contributed by atoms with Crippen LogP contribution in [-0.4, -0.2) is 12.6 Å². The summed E-state index contributed by atoms with van der Waals surface area (Å²) in [6.45, 7) is 4.28. The number of hydrogen-bond donors (Lipinski definition) is 0. The van der Waals surface area contributed by atoms with Gasteiger partial charge in [0.05, 0.1) is 12.2 Å². The Balaban J connectivity index is 2.11. The molecule has 2 aromatic carbocycles. The van der Waals surface area contributed by atoms with Gasteiger partial charge in [-0.1, -0.05) is 19.9 Å². The van der Waals surface area contributed by atoms with Gasteiger partial charge < -0.3 is 9.47 Å². The highest BCUT2D eigenvalue weighted by Crippen LogP contribution is 2.24. The predicted octanol–water partition coefficient (Wildman–Crippen LogP) is 4.54. The molecule has 0 unspecified atom stereocenters. The van der Waals surface area contributed by atoms with E-state index in [9.17, 15) is 13.6 Å². The van der Waals surface area contributed by atoms with Gasteiger partial charge in [-0.05, 0) is 48.7 Å². The molecular formula is C18H18F2O3. The molecule has 0 heterocycles. The molecule has 0 bridgehead atoms. The van der Waals surface area contributed by atoms with E-state index in [1.54, 1.807) is 19.1 Å². The van der Waals surface area contributed by atoms with Crippen LogP contribution in [0.3, 0.4) is 0 Å². The van der Waals surface area contributed by atoms with E-state index in [4.69, 9.17) is 9.47 Å². The molecule has 0 radical (unpaired) electrons. The third-order valence-corrected chi connectivity index (χ3v) is 3.27. The van der Waals surface area contributed by atoms with Gasteiger partial charge in [-0.3, -0.25) is 0 Å². The van der Waals surface area contributed by atoms with E-state index in [1.165, 1.54) is 24.3 Å². The van der Waals surface area contributed by atoms with Crippen LogP contribution in [-0.2, 0) is 6.42 Å². The maximum absolute atomic E-state index is 13.9. The first kappa shape index (κ1) is 16.9. The maximum Gasteiger partial charge on any atom is 0.343 e. The molecule has 0 aromatic heterocycles. The molecule has 2 rings (SSSR count). The molecule has 0 spiro atoms. The lowest BCUT2D eigenvalue weighted by molar-refractivity contribution is 0.0726. The fraction of sp³-hybridized carbons (Fsp3) is 0.278. The quantitative estimate of drug-likeness (QED) is 0.579. The Labute approximate surface area is 133 Å². The number of esters is 1. The molecule has 0 saturated carbocycles. The molecule has 0 atom stereocenters. The van der Waals surface area contributed by atoms with E-state index in [0.717, 1.165) is 6.42 Å². The van der Waals surface area contributed by atoms with Crippen molar-refractivity contribution < 1.29 is 23.0 Å². The highest BCUT2D eigenvalue weighted by molar-refractivity contribution is 5.91. The SMILES string of the molecule is CCCOc1ccc(C(=O)Oc2ccc(CC)c(F)c2F)cc1. The molecule has 0 aliphatic rings. The third kappa shape index (κ3) is 4.06. The van der Waals surface area contributed by atoms with E-state index in [-0.39, 0.29) is 11.1 Å². The highest BCUT2D eigenvalue weighted by Gasteiger charge is 2.17. The van der Waals surface area contributed by atoms with Gasteiger partial charge in [-0.2, -0.15) is 4.39 Å². The zero-order valence-electron chi connectivity index (χ0n) is 13.1. The van der Waals surface area contributed by atoms with Crippen molar-refractivity contribution in [3.8, 4) is 11.5 Å². The first-order valence-corrected chi connectivity index (χ1v) is 7.48. The van der Waals surface area contributed by atoms with Gasteiger partial charge in [0.2, 0.25) is 5.82 Å². The topological polar surface area (TPSA) is 35.5 Å². The summed E-state index contributed by atoms with van der Waals surface area (Å²) in [5.41, 5.74) is 0.466. The maximum atomic E-state index is 13.9. The lowest BCUT2D eigenvalue weighted by Crippen LogP contribution is -2.10. The van der Waals surface area contributed by atoms with Gasteiger partial charge >= 0.3 is 5.97 Å². The Bertz CT molecular complexity index is 681. The number of hydrogen-bond acceptors (Lipinski definition) is 3. The molecule has 2 aromatic rings. The van der Waals surface area contributed by atoms with Crippen molar-refractivity contribution in [1.82, 2.24) is 0 Å². The van der Waals surface area contributed by atoms with Crippen LogP contribution >= 0.6 is 0 Å². The lowest BCUT2D eigenvalue weighted by atomic mass is 10.1. The third-order valence-electron chi connectivity index (χ3n) is 3.27. The zero-order valence-corrected chi connectivity index (χ0v) is 13.1. The summed E-state index contributed by atoms with van der Waals surface area (Å²) in [6.07, 6.45) is 1.23. The Morgan fingerprint density at radius 2 is 1.70 bits per heavy atom. The van der Waals surface area contributed by atoms with E-state index in [0.29, 0.717) is 18.8 Å². The summed E-state index contributed by atoms with van der Waals surface area (Å²) in [7, 11) is 0.